The van der Waals surface area contributed by atoms with Crippen molar-refractivity contribution in [3.8, 4) is 11.5 Å². The van der Waals surface area contributed by atoms with Gasteiger partial charge in [0, 0.05) is 22.1 Å². The van der Waals surface area contributed by atoms with Gasteiger partial charge in [-0.3, -0.25) is 9.59 Å². The molecule has 1 N–H and O–H groups in total. The van der Waals surface area contributed by atoms with Crippen LogP contribution in [-0.2, 0) is 17.6 Å². The number of rotatable bonds is 13. The molecule has 9 heteroatoms. The van der Waals surface area contributed by atoms with Crippen molar-refractivity contribution >= 4 is 44.6 Å². The fourth-order valence-electron chi connectivity index (χ4n) is 4.46. The Morgan fingerprint density at radius 2 is 1.95 bits per heavy atom. The lowest BCUT2D eigenvalue weighted by Gasteiger charge is -2.17. The van der Waals surface area contributed by atoms with Crippen LogP contribution in [0.2, 0.25) is 0 Å². The lowest BCUT2D eigenvalue weighted by Crippen LogP contribution is -2.22. The number of aromatic nitrogens is 2. The zero-order valence-corrected chi connectivity index (χ0v) is 25.7. The number of nitrogens with one attached hydrogen (secondary N) is 1. The number of benzene rings is 3. The third-order valence-electron chi connectivity index (χ3n) is 6.54. The number of nitrogens with zero attached hydrogens (tertiary/aromatic N) is 3. The number of hydrogen-bond acceptors (Lipinski definition) is 6. The van der Waals surface area contributed by atoms with Crippen molar-refractivity contribution in [3.05, 3.63) is 105 Å². The van der Waals surface area contributed by atoms with Crippen molar-refractivity contribution in [2.45, 2.75) is 46.5 Å². The van der Waals surface area contributed by atoms with E-state index >= 15 is 0 Å². The van der Waals surface area contributed by atoms with E-state index in [2.05, 4.69) is 39.9 Å². The largest absolute Gasteiger partial charge is 0.490 e. The van der Waals surface area contributed by atoms with Crippen LogP contribution in [0.5, 0.6) is 11.5 Å². The molecular formula is C33H35BrN4O4. The lowest BCUT2D eigenvalue weighted by atomic mass is 10.1. The highest BCUT2D eigenvalue weighted by atomic mass is 79.9. The Balaban J connectivity index is 1.67. The number of unbranched alkanes of at least 4 members (excludes halogenated alkanes) is 1. The summed E-state index contributed by atoms with van der Waals surface area (Å²) in [6, 6.07) is 16.7. The molecule has 0 unspecified atom stereocenters. The summed E-state index contributed by atoms with van der Waals surface area (Å²) in [6.45, 7) is 9.98. The summed E-state index contributed by atoms with van der Waals surface area (Å²) in [7, 11) is 0. The Kier molecular flexibility index (Phi) is 10.7. The number of ether oxygens (including phenoxy) is 2. The molecule has 4 rings (SSSR count). The molecule has 1 heterocycles. The van der Waals surface area contributed by atoms with Gasteiger partial charge in [0.2, 0.25) is 0 Å². The van der Waals surface area contributed by atoms with Crippen LogP contribution in [0.15, 0.2) is 81.6 Å². The van der Waals surface area contributed by atoms with Gasteiger partial charge >= 0.3 is 0 Å². The minimum absolute atomic E-state index is 0.194. The Morgan fingerprint density at radius 3 is 2.69 bits per heavy atom. The number of halogens is 1. The van der Waals surface area contributed by atoms with Gasteiger partial charge in [-0.1, -0.05) is 53.5 Å². The van der Waals surface area contributed by atoms with E-state index in [9.17, 15) is 9.59 Å². The van der Waals surface area contributed by atoms with Crippen LogP contribution in [0.1, 0.15) is 49.2 Å². The number of anilines is 1. The molecule has 1 aromatic heterocycles. The maximum Gasteiger partial charge on any atom is 0.282 e. The van der Waals surface area contributed by atoms with Gasteiger partial charge in [-0.2, -0.15) is 9.78 Å². The molecule has 0 saturated carbocycles. The lowest BCUT2D eigenvalue weighted by molar-refractivity contribution is -0.118. The maximum atomic E-state index is 13.5. The summed E-state index contributed by atoms with van der Waals surface area (Å²) in [5, 5.41) is 7.96. The summed E-state index contributed by atoms with van der Waals surface area (Å²) in [4.78, 5) is 30.9. The Bertz CT molecular complexity index is 1680. The van der Waals surface area contributed by atoms with Crippen LogP contribution in [0.25, 0.3) is 10.9 Å². The van der Waals surface area contributed by atoms with Gasteiger partial charge in [0.1, 0.15) is 5.82 Å². The van der Waals surface area contributed by atoms with Crippen molar-refractivity contribution < 1.29 is 14.3 Å². The number of carbonyl (C=O) groups excluding carboxylic acids is 1. The average molecular weight is 632 g/mol. The first-order valence-corrected chi connectivity index (χ1v) is 14.8. The standard InChI is InChI=1S/C33H35BrN4O4/c1-5-8-14-30-36-28-16-15-25(34)19-26(28)33(40)38(30)35-20-23-17-24(11-6-2)32(29(18-23)41-7-3)42-21-31(39)37-27-13-10-9-12-22(27)4/h6,9-10,12-13,15-20H,2,5,7-8,11,14,21H2,1,3-4H3,(H,37,39). The number of fused-ring (bicyclic) bond motifs is 1. The van der Waals surface area contributed by atoms with Gasteiger partial charge in [-0.25, -0.2) is 4.98 Å². The normalized spacial score (nSPS) is 11.1. The predicted octanol–water partition coefficient (Wildman–Crippen LogP) is 6.84. The van der Waals surface area contributed by atoms with E-state index in [0.29, 0.717) is 53.2 Å². The molecule has 0 aliphatic rings. The van der Waals surface area contributed by atoms with Crippen LogP contribution in [0.4, 0.5) is 5.69 Å². The second-order valence-corrected chi connectivity index (χ2v) is 10.7. The van der Waals surface area contributed by atoms with E-state index < -0.39 is 0 Å². The van der Waals surface area contributed by atoms with Crippen molar-refractivity contribution in [3.63, 3.8) is 0 Å². The average Bonchev–Trinajstić information content (AvgIpc) is 2.97. The first-order chi connectivity index (χ1) is 20.3. The topological polar surface area (TPSA) is 94.8 Å². The first-order valence-electron chi connectivity index (χ1n) is 14.0. The third-order valence-corrected chi connectivity index (χ3v) is 7.03. The zero-order chi connectivity index (χ0) is 30.1. The molecule has 42 heavy (non-hydrogen) atoms. The van der Waals surface area contributed by atoms with E-state index in [1.165, 1.54) is 4.68 Å². The molecule has 1 amide bonds. The van der Waals surface area contributed by atoms with Crippen molar-refractivity contribution in [1.29, 1.82) is 0 Å². The SMILES string of the molecule is C=CCc1cc(C=Nn2c(CCCC)nc3ccc(Br)cc3c2=O)cc(OCC)c1OCC(=O)Nc1ccccc1C. The quantitative estimate of drug-likeness (QED) is 0.129. The van der Waals surface area contributed by atoms with Crippen LogP contribution in [-0.4, -0.2) is 35.0 Å². The summed E-state index contributed by atoms with van der Waals surface area (Å²) in [5.41, 5.74) is 3.58. The van der Waals surface area contributed by atoms with E-state index in [0.717, 1.165) is 34.1 Å². The molecule has 4 aromatic rings. The maximum absolute atomic E-state index is 13.5. The Morgan fingerprint density at radius 1 is 1.14 bits per heavy atom. The molecule has 0 saturated heterocycles. The summed E-state index contributed by atoms with van der Waals surface area (Å²) in [5.74, 6) is 1.26. The highest BCUT2D eigenvalue weighted by molar-refractivity contribution is 9.10. The fourth-order valence-corrected chi connectivity index (χ4v) is 4.82. The molecule has 0 radical (unpaired) electrons. The summed E-state index contributed by atoms with van der Waals surface area (Å²) >= 11 is 3.45. The molecule has 0 spiro atoms. The predicted molar refractivity (Wildman–Crippen MR) is 172 cm³/mol. The number of amides is 1. The Labute approximate surface area is 254 Å². The Hall–Kier alpha value is -4.24. The van der Waals surface area contributed by atoms with Gasteiger partial charge < -0.3 is 14.8 Å². The zero-order valence-electron chi connectivity index (χ0n) is 24.2. The van der Waals surface area contributed by atoms with E-state index in [1.54, 1.807) is 24.4 Å². The van der Waals surface area contributed by atoms with E-state index in [-0.39, 0.29) is 18.1 Å². The molecule has 8 nitrogen and oxygen atoms in total. The molecule has 0 fully saturated rings. The van der Waals surface area contributed by atoms with E-state index in [4.69, 9.17) is 14.5 Å². The number of aryl methyl sites for hydroxylation is 2. The molecule has 0 aliphatic carbocycles. The minimum Gasteiger partial charge on any atom is -0.490 e. The number of carbonyl (C=O) groups is 1. The van der Waals surface area contributed by atoms with Gasteiger partial charge in [0.15, 0.2) is 18.1 Å². The van der Waals surface area contributed by atoms with Crippen molar-refractivity contribution in [2.24, 2.45) is 5.10 Å². The second-order valence-electron chi connectivity index (χ2n) is 9.74. The molecule has 0 bridgehead atoms. The first kappa shape index (κ1) is 30.7. The monoisotopic (exact) mass is 630 g/mol. The molecule has 0 aliphatic heterocycles. The van der Waals surface area contributed by atoms with Crippen molar-refractivity contribution in [1.82, 2.24) is 9.66 Å². The smallest absolute Gasteiger partial charge is 0.282 e. The molecule has 3 aromatic carbocycles. The van der Waals surface area contributed by atoms with Gasteiger partial charge in [-0.05, 0) is 74.2 Å². The molecule has 218 valence electrons. The van der Waals surface area contributed by atoms with Crippen molar-refractivity contribution in [2.75, 3.05) is 18.5 Å². The fraction of sp³-hybridized carbons (Fsp3) is 0.273. The van der Waals surface area contributed by atoms with Crippen LogP contribution in [0, 0.1) is 6.92 Å². The van der Waals surface area contributed by atoms with Gasteiger partial charge in [-0.15, -0.1) is 6.58 Å². The number of allylic oxidation sites excluding steroid dienone is 1. The highest BCUT2D eigenvalue weighted by Gasteiger charge is 2.16. The molecule has 0 atom stereocenters. The second kappa shape index (κ2) is 14.6. The summed E-state index contributed by atoms with van der Waals surface area (Å²) < 4.78 is 14.1. The van der Waals surface area contributed by atoms with Gasteiger partial charge in [0.05, 0.1) is 23.7 Å². The number of hydrogen-bond donors (Lipinski definition) is 1. The van der Waals surface area contributed by atoms with Gasteiger partial charge in [0.25, 0.3) is 11.5 Å². The van der Waals surface area contributed by atoms with Crippen LogP contribution in [0.3, 0.4) is 0 Å². The highest BCUT2D eigenvalue weighted by Crippen LogP contribution is 2.34. The molecular weight excluding hydrogens is 596 g/mol. The van der Waals surface area contributed by atoms with Crippen LogP contribution >= 0.6 is 15.9 Å². The van der Waals surface area contributed by atoms with E-state index in [1.807, 2.05) is 56.3 Å². The summed E-state index contributed by atoms with van der Waals surface area (Å²) in [6.07, 6.45) is 6.31. The third kappa shape index (κ3) is 7.53. The van der Waals surface area contributed by atoms with Crippen LogP contribution < -0.4 is 20.3 Å². The number of para-hydroxylation sites is 1. The minimum atomic E-state index is -0.281.